The third-order valence-corrected chi connectivity index (χ3v) is 5.09. The van der Waals surface area contributed by atoms with Crippen molar-refractivity contribution >= 4 is 11.8 Å². The van der Waals surface area contributed by atoms with Crippen molar-refractivity contribution in [3.8, 4) is 0 Å². The number of hydrogen-bond acceptors (Lipinski definition) is 3. The van der Waals surface area contributed by atoms with Crippen LogP contribution in [-0.2, 0) is 9.59 Å². The van der Waals surface area contributed by atoms with E-state index in [0.717, 1.165) is 51.7 Å². The Morgan fingerprint density at radius 3 is 2.78 bits per heavy atom. The van der Waals surface area contributed by atoms with Crippen molar-refractivity contribution < 1.29 is 9.59 Å². The fourth-order valence-electron chi connectivity index (χ4n) is 3.85. The van der Waals surface area contributed by atoms with Gasteiger partial charge < -0.3 is 9.80 Å². The molecule has 2 unspecified atom stereocenters. The smallest absolute Gasteiger partial charge is 0.224 e. The molecule has 126 valence electrons. The molecule has 2 atom stereocenters. The fraction of sp³-hybridized carbons (Fsp3) is 0.706. The second kappa shape index (κ2) is 7.15. The van der Waals surface area contributed by atoms with Crippen LogP contribution in [0.3, 0.4) is 0 Å². The molecule has 3 heterocycles. The minimum absolute atomic E-state index is 0.0822. The SMILES string of the molecule is CC(=O)N1CCCCC1CC(=O)N1CCCC(n2cccn2)C1. The molecule has 23 heavy (non-hydrogen) atoms. The number of piperidine rings is 2. The van der Waals surface area contributed by atoms with Crippen molar-refractivity contribution in [2.24, 2.45) is 0 Å². The predicted molar refractivity (Wildman–Crippen MR) is 86.7 cm³/mol. The van der Waals surface area contributed by atoms with Gasteiger partial charge in [-0.25, -0.2) is 0 Å². The van der Waals surface area contributed by atoms with Crippen LogP contribution in [0, 0.1) is 0 Å². The largest absolute Gasteiger partial charge is 0.340 e. The lowest BCUT2D eigenvalue weighted by atomic mass is 9.97. The first-order chi connectivity index (χ1) is 11.1. The van der Waals surface area contributed by atoms with Gasteiger partial charge in [0.05, 0.1) is 6.04 Å². The van der Waals surface area contributed by atoms with E-state index in [1.807, 2.05) is 26.7 Å². The van der Waals surface area contributed by atoms with E-state index < -0.39 is 0 Å². The van der Waals surface area contributed by atoms with E-state index in [4.69, 9.17) is 0 Å². The summed E-state index contributed by atoms with van der Waals surface area (Å²) < 4.78 is 1.96. The van der Waals surface area contributed by atoms with Crippen LogP contribution >= 0.6 is 0 Å². The standard InChI is InChI=1S/C17H26N4O2/c1-14(22)20-10-3-2-6-15(20)12-17(23)19-9-4-7-16(13-19)21-11-5-8-18-21/h5,8,11,15-16H,2-4,6-7,9-10,12-13H2,1H3. The molecule has 0 N–H and O–H groups in total. The molecule has 1 aromatic rings. The monoisotopic (exact) mass is 318 g/mol. The van der Waals surface area contributed by atoms with Crippen LogP contribution < -0.4 is 0 Å². The summed E-state index contributed by atoms with van der Waals surface area (Å²) in [7, 11) is 0. The summed E-state index contributed by atoms with van der Waals surface area (Å²) in [5.74, 6) is 0.274. The molecule has 2 aliphatic heterocycles. The number of hydrogen-bond donors (Lipinski definition) is 0. The maximum Gasteiger partial charge on any atom is 0.224 e. The van der Waals surface area contributed by atoms with Gasteiger partial charge in [-0.3, -0.25) is 14.3 Å². The first-order valence-corrected chi connectivity index (χ1v) is 8.69. The lowest BCUT2D eigenvalue weighted by Gasteiger charge is -2.38. The second-order valence-corrected chi connectivity index (χ2v) is 6.69. The predicted octanol–water partition coefficient (Wildman–Crippen LogP) is 1.84. The molecular formula is C17H26N4O2. The zero-order chi connectivity index (χ0) is 16.2. The summed E-state index contributed by atoms with van der Waals surface area (Å²) in [6.45, 7) is 3.96. The van der Waals surface area contributed by atoms with Crippen LogP contribution in [-0.4, -0.2) is 57.1 Å². The Morgan fingerprint density at radius 1 is 1.17 bits per heavy atom. The van der Waals surface area contributed by atoms with Crippen molar-refractivity contribution in [1.29, 1.82) is 0 Å². The summed E-state index contributed by atoms with van der Waals surface area (Å²) in [5, 5.41) is 4.31. The maximum atomic E-state index is 12.7. The lowest BCUT2D eigenvalue weighted by molar-refractivity contribution is -0.138. The van der Waals surface area contributed by atoms with E-state index in [2.05, 4.69) is 5.10 Å². The molecule has 2 fully saturated rings. The molecule has 1 aromatic heterocycles. The third-order valence-electron chi connectivity index (χ3n) is 5.09. The zero-order valence-electron chi connectivity index (χ0n) is 13.9. The average Bonchev–Trinajstić information content (AvgIpc) is 3.10. The van der Waals surface area contributed by atoms with E-state index in [0.29, 0.717) is 6.42 Å². The molecule has 3 rings (SSSR count). The second-order valence-electron chi connectivity index (χ2n) is 6.69. The highest BCUT2D eigenvalue weighted by Crippen LogP contribution is 2.24. The molecule has 2 amide bonds. The molecule has 2 aliphatic rings. The maximum absolute atomic E-state index is 12.7. The van der Waals surface area contributed by atoms with Crippen LogP contribution in [0.4, 0.5) is 0 Å². The summed E-state index contributed by atoms with van der Waals surface area (Å²) in [6.07, 6.45) is 9.40. The van der Waals surface area contributed by atoms with Crippen LogP contribution in [0.15, 0.2) is 18.5 Å². The topological polar surface area (TPSA) is 58.4 Å². The molecule has 0 bridgehead atoms. The molecule has 0 radical (unpaired) electrons. The first kappa shape index (κ1) is 16.0. The van der Waals surface area contributed by atoms with Crippen molar-refractivity contribution in [3.63, 3.8) is 0 Å². The number of carbonyl (C=O) groups is 2. The van der Waals surface area contributed by atoms with Gasteiger partial charge in [0.1, 0.15) is 0 Å². The Kier molecular flexibility index (Phi) is 4.98. The van der Waals surface area contributed by atoms with Gasteiger partial charge in [0.25, 0.3) is 0 Å². The summed E-state index contributed by atoms with van der Waals surface area (Å²) >= 11 is 0. The van der Waals surface area contributed by atoms with Crippen molar-refractivity contribution in [2.45, 2.75) is 57.5 Å². The molecule has 0 saturated carbocycles. The zero-order valence-corrected chi connectivity index (χ0v) is 13.9. The Balaban J connectivity index is 1.60. The average molecular weight is 318 g/mol. The highest BCUT2D eigenvalue weighted by molar-refractivity contribution is 5.79. The van der Waals surface area contributed by atoms with Gasteiger partial charge in [-0.05, 0) is 38.2 Å². The van der Waals surface area contributed by atoms with Crippen molar-refractivity contribution in [3.05, 3.63) is 18.5 Å². The number of amides is 2. The first-order valence-electron chi connectivity index (χ1n) is 8.69. The van der Waals surface area contributed by atoms with Gasteiger partial charge in [-0.1, -0.05) is 0 Å². The van der Waals surface area contributed by atoms with Crippen LogP contribution in [0.5, 0.6) is 0 Å². The van der Waals surface area contributed by atoms with Gasteiger partial charge in [-0.2, -0.15) is 5.10 Å². The van der Waals surface area contributed by atoms with E-state index in [9.17, 15) is 9.59 Å². The van der Waals surface area contributed by atoms with Gasteiger partial charge in [0.15, 0.2) is 0 Å². The number of nitrogens with zero attached hydrogens (tertiary/aromatic N) is 4. The van der Waals surface area contributed by atoms with Gasteiger partial charge >= 0.3 is 0 Å². The van der Waals surface area contributed by atoms with Crippen molar-refractivity contribution in [1.82, 2.24) is 19.6 Å². The van der Waals surface area contributed by atoms with E-state index in [-0.39, 0.29) is 23.9 Å². The quantitative estimate of drug-likeness (QED) is 0.854. The van der Waals surface area contributed by atoms with Crippen LogP contribution in [0.2, 0.25) is 0 Å². The molecule has 6 nitrogen and oxygen atoms in total. The van der Waals surface area contributed by atoms with Crippen molar-refractivity contribution in [2.75, 3.05) is 19.6 Å². The minimum atomic E-state index is 0.0822. The van der Waals surface area contributed by atoms with E-state index in [1.165, 1.54) is 0 Å². The summed E-state index contributed by atoms with van der Waals surface area (Å²) in [6, 6.07) is 2.28. The Labute approximate surface area is 137 Å². The molecule has 0 aromatic carbocycles. The molecule has 0 spiro atoms. The Morgan fingerprint density at radius 2 is 2.04 bits per heavy atom. The van der Waals surface area contributed by atoms with E-state index in [1.54, 1.807) is 13.1 Å². The number of rotatable bonds is 3. The third kappa shape index (κ3) is 3.74. The fourth-order valence-corrected chi connectivity index (χ4v) is 3.85. The highest BCUT2D eigenvalue weighted by atomic mass is 16.2. The van der Waals surface area contributed by atoms with Gasteiger partial charge in [0.2, 0.25) is 11.8 Å². The number of likely N-dealkylation sites (tertiary alicyclic amines) is 2. The number of carbonyl (C=O) groups excluding carboxylic acids is 2. The lowest BCUT2D eigenvalue weighted by Crippen LogP contribution is -2.47. The summed E-state index contributed by atoms with van der Waals surface area (Å²) in [5.41, 5.74) is 0. The Bertz CT molecular complexity index is 543. The summed E-state index contributed by atoms with van der Waals surface area (Å²) in [4.78, 5) is 28.3. The molecular weight excluding hydrogens is 292 g/mol. The van der Waals surface area contributed by atoms with Crippen LogP contribution in [0.25, 0.3) is 0 Å². The normalized spacial score (nSPS) is 25.4. The molecule has 2 saturated heterocycles. The van der Waals surface area contributed by atoms with E-state index >= 15 is 0 Å². The minimum Gasteiger partial charge on any atom is -0.340 e. The number of aromatic nitrogens is 2. The molecule has 6 heteroatoms. The highest BCUT2D eigenvalue weighted by Gasteiger charge is 2.30. The van der Waals surface area contributed by atoms with Crippen LogP contribution in [0.1, 0.15) is 51.5 Å². The van der Waals surface area contributed by atoms with Gasteiger partial charge in [0, 0.05) is 51.4 Å². The van der Waals surface area contributed by atoms with Gasteiger partial charge in [-0.15, -0.1) is 0 Å². The molecule has 0 aliphatic carbocycles. The Hall–Kier alpha value is -1.85.